The van der Waals surface area contributed by atoms with Crippen LogP contribution in [-0.2, 0) is 9.53 Å². The monoisotopic (exact) mass is 354 g/mol. The highest BCUT2D eigenvalue weighted by molar-refractivity contribution is 5.93. The first kappa shape index (κ1) is 17.2. The maximum atomic E-state index is 12.9. The Morgan fingerprint density at radius 2 is 2.00 bits per heavy atom. The average molecular weight is 354 g/mol. The SMILES string of the molecule is Cc1ncn(-c2ccc(NC(=O)C3CNCC34CCOCC4)cc2)c1C. The smallest absolute Gasteiger partial charge is 0.229 e. The molecule has 1 aromatic heterocycles. The molecule has 26 heavy (non-hydrogen) atoms. The number of imidazole rings is 1. The molecule has 2 N–H and O–H groups in total. The summed E-state index contributed by atoms with van der Waals surface area (Å²) in [5.74, 6) is 0.115. The van der Waals surface area contributed by atoms with Gasteiger partial charge in [0.05, 0.1) is 17.9 Å². The summed E-state index contributed by atoms with van der Waals surface area (Å²) in [6, 6.07) is 7.95. The molecule has 0 radical (unpaired) electrons. The number of aromatic nitrogens is 2. The first-order chi connectivity index (χ1) is 12.6. The third-order valence-electron chi connectivity index (χ3n) is 6.03. The largest absolute Gasteiger partial charge is 0.381 e. The van der Waals surface area contributed by atoms with Crippen LogP contribution >= 0.6 is 0 Å². The zero-order valence-corrected chi connectivity index (χ0v) is 15.4. The minimum atomic E-state index is 0.00428. The van der Waals surface area contributed by atoms with E-state index in [1.807, 2.05) is 37.5 Å². The third-order valence-corrected chi connectivity index (χ3v) is 6.03. The van der Waals surface area contributed by atoms with E-state index in [0.717, 1.165) is 61.9 Å². The molecule has 1 aromatic carbocycles. The first-order valence-electron chi connectivity index (χ1n) is 9.29. The van der Waals surface area contributed by atoms with Crippen LogP contribution in [-0.4, -0.2) is 41.8 Å². The molecule has 138 valence electrons. The van der Waals surface area contributed by atoms with Gasteiger partial charge in [0.2, 0.25) is 5.91 Å². The van der Waals surface area contributed by atoms with E-state index in [0.29, 0.717) is 0 Å². The van der Waals surface area contributed by atoms with E-state index in [1.54, 1.807) is 0 Å². The maximum absolute atomic E-state index is 12.9. The fourth-order valence-corrected chi connectivity index (χ4v) is 4.17. The summed E-state index contributed by atoms with van der Waals surface area (Å²) < 4.78 is 7.56. The first-order valence-corrected chi connectivity index (χ1v) is 9.29. The molecular weight excluding hydrogens is 328 g/mol. The topological polar surface area (TPSA) is 68.2 Å². The summed E-state index contributed by atoms with van der Waals surface area (Å²) in [6.45, 7) is 7.22. The van der Waals surface area contributed by atoms with Crippen molar-refractivity contribution in [2.75, 3.05) is 31.6 Å². The number of benzene rings is 1. The number of amides is 1. The van der Waals surface area contributed by atoms with E-state index < -0.39 is 0 Å². The minimum absolute atomic E-state index is 0.00428. The lowest BCUT2D eigenvalue weighted by Crippen LogP contribution is -2.42. The molecule has 2 fully saturated rings. The molecule has 3 heterocycles. The molecule has 0 aliphatic carbocycles. The van der Waals surface area contributed by atoms with E-state index in [2.05, 4.69) is 27.1 Å². The molecule has 1 unspecified atom stereocenters. The quantitative estimate of drug-likeness (QED) is 0.888. The van der Waals surface area contributed by atoms with Crippen LogP contribution < -0.4 is 10.6 Å². The number of carbonyl (C=O) groups is 1. The van der Waals surface area contributed by atoms with Crippen LogP contribution in [0, 0.1) is 25.2 Å². The Morgan fingerprint density at radius 1 is 1.27 bits per heavy atom. The van der Waals surface area contributed by atoms with Crippen LogP contribution in [0.25, 0.3) is 5.69 Å². The van der Waals surface area contributed by atoms with Gasteiger partial charge in [-0.2, -0.15) is 0 Å². The van der Waals surface area contributed by atoms with Gasteiger partial charge < -0.3 is 19.9 Å². The van der Waals surface area contributed by atoms with Gasteiger partial charge in [-0.15, -0.1) is 0 Å². The second-order valence-corrected chi connectivity index (χ2v) is 7.48. The van der Waals surface area contributed by atoms with Crippen molar-refractivity contribution in [2.45, 2.75) is 26.7 Å². The lowest BCUT2D eigenvalue weighted by Gasteiger charge is -2.37. The molecule has 6 heteroatoms. The Hall–Kier alpha value is -2.18. The number of hydrogen-bond acceptors (Lipinski definition) is 4. The minimum Gasteiger partial charge on any atom is -0.381 e. The second kappa shape index (κ2) is 6.85. The summed E-state index contributed by atoms with van der Waals surface area (Å²) >= 11 is 0. The van der Waals surface area contributed by atoms with Gasteiger partial charge in [-0.3, -0.25) is 4.79 Å². The van der Waals surface area contributed by atoms with Crippen LogP contribution in [0.1, 0.15) is 24.2 Å². The van der Waals surface area contributed by atoms with Crippen molar-refractivity contribution in [1.82, 2.24) is 14.9 Å². The predicted molar refractivity (Wildman–Crippen MR) is 101 cm³/mol. The van der Waals surface area contributed by atoms with Gasteiger partial charge in [0, 0.05) is 43.4 Å². The van der Waals surface area contributed by atoms with Crippen LogP contribution in [0.2, 0.25) is 0 Å². The van der Waals surface area contributed by atoms with Gasteiger partial charge in [-0.25, -0.2) is 4.98 Å². The van der Waals surface area contributed by atoms with E-state index in [-0.39, 0.29) is 17.2 Å². The Kier molecular flexibility index (Phi) is 4.54. The molecule has 1 spiro atoms. The van der Waals surface area contributed by atoms with Crippen molar-refractivity contribution >= 4 is 11.6 Å². The average Bonchev–Trinajstić information content (AvgIpc) is 3.20. The fraction of sp³-hybridized carbons (Fsp3) is 0.500. The lowest BCUT2D eigenvalue weighted by molar-refractivity contribution is -0.124. The molecular formula is C20H26N4O2. The van der Waals surface area contributed by atoms with Crippen LogP contribution in [0.4, 0.5) is 5.69 Å². The van der Waals surface area contributed by atoms with Gasteiger partial charge >= 0.3 is 0 Å². The molecule has 0 bridgehead atoms. The van der Waals surface area contributed by atoms with Gasteiger partial charge in [0.1, 0.15) is 0 Å². The van der Waals surface area contributed by atoms with Crippen molar-refractivity contribution in [3.05, 3.63) is 42.0 Å². The maximum Gasteiger partial charge on any atom is 0.229 e. The summed E-state index contributed by atoms with van der Waals surface area (Å²) in [4.78, 5) is 17.2. The highest BCUT2D eigenvalue weighted by atomic mass is 16.5. The van der Waals surface area contributed by atoms with Crippen molar-refractivity contribution in [2.24, 2.45) is 11.3 Å². The standard InChI is InChI=1S/C20H26N4O2/c1-14-15(2)24(13-22-14)17-5-3-16(4-6-17)23-19(25)18-11-21-12-20(18)7-9-26-10-8-20/h3-6,13,18,21H,7-12H2,1-2H3,(H,23,25). The highest BCUT2D eigenvalue weighted by Gasteiger charge is 2.47. The summed E-state index contributed by atoms with van der Waals surface area (Å²) in [5.41, 5.74) is 4.08. The number of hydrogen-bond donors (Lipinski definition) is 2. The Morgan fingerprint density at radius 3 is 2.65 bits per heavy atom. The van der Waals surface area contributed by atoms with Crippen molar-refractivity contribution < 1.29 is 9.53 Å². The number of anilines is 1. The lowest BCUT2D eigenvalue weighted by atomic mass is 9.72. The van der Waals surface area contributed by atoms with E-state index in [9.17, 15) is 4.79 Å². The molecule has 0 saturated carbocycles. The number of ether oxygens (including phenoxy) is 1. The molecule has 2 aromatic rings. The predicted octanol–water partition coefficient (Wildman–Crippen LogP) is 2.44. The number of nitrogens with zero attached hydrogens (tertiary/aromatic N) is 2. The molecule has 2 aliphatic heterocycles. The normalized spacial score (nSPS) is 21.8. The number of aryl methyl sites for hydroxylation is 1. The molecule has 2 saturated heterocycles. The third kappa shape index (κ3) is 3.04. The molecule has 2 aliphatic rings. The van der Waals surface area contributed by atoms with Crippen molar-refractivity contribution in [1.29, 1.82) is 0 Å². The Bertz CT molecular complexity index is 791. The summed E-state index contributed by atoms with van der Waals surface area (Å²) in [7, 11) is 0. The van der Waals surface area contributed by atoms with Crippen LogP contribution in [0.5, 0.6) is 0 Å². The summed E-state index contributed by atoms with van der Waals surface area (Å²) in [6.07, 6.45) is 3.74. The second-order valence-electron chi connectivity index (χ2n) is 7.48. The highest BCUT2D eigenvalue weighted by Crippen LogP contribution is 2.41. The fourth-order valence-electron chi connectivity index (χ4n) is 4.17. The Balaban J connectivity index is 1.47. The van der Waals surface area contributed by atoms with Gasteiger partial charge in [-0.05, 0) is 56.4 Å². The van der Waals surface area contributed by atoms with E-state index >= 15 is 0 Å². The van der Waals surface area contributed by atoms with E-state index in [1.165, 1.54) is 0 Å². The molecule has 1 amide bonds. The summed E-state index contributed by atoms with van der Waals surface area (Å²) in [5, 5.41) is 6.52. The zero-order valence-electron chi connectivity index (χ0n) is 15.4. The van der Waals surface area contributed by atoms with Gasteiger partial charge in [0.15, 0.2) is 0 Å². The Labute approximate surface area is 154 Å². The van der Waals surface area contributed by atoms with Gasteiger partial charge in [-0.1, -0.05) is 0 Å². The molecule has 6 nitrogen and oxygen atoms in total. The van der Waals surface area contributed by atoms with E-state index in [4.69, 9.17) is 4.74 Å². The van der Waals surface area contributed by atoms with Gasteiger partial charge in [0.25, 0.3) is 0 Å². The number of nitrogens with one attached hydrogen (secondary N) is 2. The molecule has 4 rings (SSSR count). The van der Waals surface area contributed by atoms with Crippen molar-refractivity contribution in [3.63, 3.8) is 0 Å². The van der Waals surface area contributed by atoms with Crippen molar-refractivity contribution in [3.8, 4) is 5.69 Å². The molecule has 1 atom stereocenters. The number of rotatable bonds is 3. The number of carbonyl (C=O) groups excluding carboxylic acids is 1. The zero-order chi connectivity index (χ0) is 18.1. The van der Waals surface area contributed by atoms with Crippen LogP contribution in [0.3, 0.4) is 0 Å². The van der Waals surface area contributed by atoms with Crippen LogP contribution in [0.15, 0.2) is 30.6 Å².